The van der Waals surface area contributed by atoms with Gasteiger partial charge in [-0.15, -0.1) is 0 Å². The zero-order valence-electron chi connectivity index (χ0n) is 36.4. The topological polar surface area (TPSA) is 188 Å². The van der Waals surface area contributed by atoms with Crippen molar-refractivity contribution in [2.45, 2.75) is 51.0 Å². The molecule has 4 aromatic carbocycles. The molecule has 4 aromatic heterocycles. The van der Waals surface area contributed by atoms with Gasteiger partial charge in [0.05, 0.1) is 43.6 Å². The number of H-pyrrole nitrogens is 2. The summed E-state index contributed by atoms with van der Waals surface area (Å²) in [4.78, 5) is 35.4. The molecule has 0 atom stereocenters. The molecular formula is C50H53N5O10. The second kappa shape index (κ2) is 19.4. The highest BCUT2D eigenvalue weighted by atomic mass is 16.5. The van der Waals surface area contributed by atoms with Crippen molar-refractivity contribution in [1.29, 1.82) is 0 Å². The van der Waals surface area contributed by atoms with Crippen LogP contribution in [0.5, 0.6) is 23.0 Å². The highest BCUT2D eigenvalue weighted by molar-refractivity contribution is 6.00. The number of carbonyl (C=O) groups is 2. The fraction of sp³-hybridized carbons (Fsp3) is 0.320. The number of aromatic nitrogens is 2. The van der Waals surface area contributed by atoms with Crippen LogP contribution >= 0.6 is 0 Å². The van der Waals surface area contributed by atoms with Crippen molar-refractivity contribution in [3.8, 4) is 23.0 Å². The number of piperidine rings is 2. The van der Waals surface area contributed by atoms with E-state index < -0.39 is 5.97 Å². The number of carboxylic acid groups (broad SMARTS) is 1. The number of aliphatic hydroxyl groups excluding tert-OH is 1. The Hall–Kier alpha value is -6.94. The van der Waals surface area contributed by atoms with Crippen LogP contribution < -0.4 is 24.3 Å². The molecule has 15 heteroatoms. The summed E-state index contributed by atoms with van der Waals surface area (Å²) in [5.41, 5.74) is 5.48. The minimum absolute atomic E-state index is 0.0851. The molecule has 5 N–H and O–H groups in total. The number of hydrogen-bond acceptors (Lipinski definition) is 11. The Kier molecular flexibility index (Phi) is 13.0. The quantitative estimate of drug-likeness (QED) is 0.0704. The van der Waals surface area contributed by atoms with Gasteiger partial charge in [0.2, 0.25) is 0 Å². The van der Waals surface area contributed by atoms with E-state index in [2.05, 4.69) is 25.1 Å². The van der Waals surface area contributed by atoms with Crippen molar-refractivity contribution in [3.05, 3.63) is 120 Å². The van der Waals surface area contributed by atoms with Crippen LogP contribution in [0, 0.1) is 0 Å². The Bertz CT molecular complexity index is 2910. The molecule has 2 saturated heterocycles. The number of aromatic carboxylic acids is 1. The van der Waals surface area contributed by atoms with Gasteiger partial charge >= 0.3 is 5.97 Å². The first-order valence-electron chi connectivity index (χ1n) is 22.0. The van der Waals surface area contributed by atoms with Gasteiger partial charge < -0.3 is 63.1 Å². The standard InChI is InChI=1S/C31H38N4O5.C19H15NO5/c1-38-28-6-3-7-29-30(28)21(20-40-29)19-39-27-5-2-4-25-24(27)18-26(33-25)31(37)32-22-8-12-34(13-9-22)16-17-35-14-10-23(36)11-15-35;1-23-16-6-3-7-17-18(16)11(10-25-17)9-24-15-5-2-4-13-12(15)8-14(20-13)19(21)22/h2-7,18,20,22-23,33,36H,8-17,19H2,1H3,(H,32,37);2-8,10,20H,9H2,1H3,(H,21,22). The maximum absolute atomic E-state index is 13.1. The number of carbonyl (C=O) groups excluding carboxylic acids is 1. The summed E-state index contributed by atoms with van der Waals surface area (Å²) in [5.74, 6) is 1.68. The van der Waals surface area contributed by atoms with Crippen molar-refractivity contribution >= 4 is 55.6 Å². The summed E-state index contributed by atoms with van der Waals surface area (Å²) in [7, 11) is 3.26. The van der Waals surface area contributed by atoms with Crippen LogP contribution in [0.2, 0.25) is 0 Å². The first-order chi connectivity index (χ1) is 31.7. The van der Waals surface area contributed by atoms with E-state index in [4.69, 9.17) is 32.9 Å². The first kappa shape index (κ1) is 43.3. The van der Waals surface area contributed by atoms with Crippen molar-refractivity contribution in [2.75, 3.05) is 53.5 Å². The smallest absolute Gasteiger partial charge is 0.352 e. The van der Waals surface area contributed by atoms with Gasteiger partial charge in [-0.3, -0.25) is 4.79 Å². The third-order valence-corrected chi connectivity index (χ3v) is 12.4. The molecule has 6 heterocycles. The highest BCUT2D eigenvalue weighted by Crippen LogP contribution is 2.35. The molecule has 2 aliphatic rings. The maximum atomic E-state index is 13.1. The number of amides is 1. The molecule has 8 aromatic rings. The molecular weight excluding hydrogens is 831 g/mol. The van der Waals surface area contributed by atoms with E-state index in [1.54, 1.807) is 38.9 Å². The average Bonchev–Trinajstić information content (AvgIpc) is 4.16. The molecule has 338 valence electrons. The number of rotatable bonds is 14. The van der Waals surface area contributed by atoms with Gasteiger partial charge in [0, 0.05) is 78.2 Å². The zero-order valence-corrected chi connectivity index (χ0v) is 36.4. The van der Waals surface area contributed by atoms with Gasteiger partial charge in [-0.2, -0.15) is 0 Å². The summed E-state index contributed by atoms with van der Waals surface area (Å²) in [6.45, 7) is 6.63. The second-order valence-corrected chi connectivity index (χ2v) is 16.5. The van der Waals surface area contributed by atoms with Crippen molar-refractivity contribution in [3.63, 3.8) is 0 Å². The minimum atomic E-state index is -1.01. The molecule has 2 fully saturated rings. The number of nitrogens with one attached hydrogen (secondary N) is 3. The Morgan fingerprint density at radius 2 is 1.12 bits per heavy atom. The van der Waals surface area contributed by atoms with Gasteiger partial charge in [0.25, 0.3) is 5.91 Å². The number of benzene rings is 4. The summed E-state index contributed by atoms with van der Waals surface area (Å²) in [5, 5.41) is 25.4. The number of likely N-dealkylation sites (tertiary alicyclic amines) is 2. The van der Waals surface area contributed by atoms with Crippen LogP contribution in [0.4, 0.5) is 0 Å². The fourth-order valence-electron chi connectivity index (χ4n) is 8.84. The van der Waals surface area contributed by atoms with Crippen LogP contribution in [-0.4, -0.2) is 107 Å². The number of methoxy groups -OCH3 is 2. The number of hydrogen-bond donors (Lipinski definition) is 5. The molecule has 0 radical (unpaired) electrons. The van der Waals surface area contributed by atoms with E-state index in [0.717, 1.165) is 126 Å². The molecule has 0 aliphatic carbocycles. The van der Waals surface area contributed by atoms with Crippen LogP contribution in [0.3, 0.4) is 0 Å². The number of fused-ring (bicyclic) bond motifs is 4. The first-order valence-corrected chi connectivity index (χ1v) is 22.0. The largest absolute Gasteiger partial charge is 0.496 e. The number of aromatic amines is 2. The second-order valence-electron chi connectivity index (χ2n) is 16.5. The van der Waals surface area contributed by atoms with Gasteiger partial charge in [-0.05, 0) is 86.3 Å². The molecule has 0 bridgehead atoms. The Labute approximate surface area is 374 Å². The zero-order chi connectivity index (χ0) is 44.9. The Morgan fingerprint density at radius 1 is 0.662 bits per heavy atom. The van der Waals surface area contributed by atoms with Gasteiger partial charge in [-0.25, -0.2) is 4.79 Å². The summed E-state index contributed by atoms with van der Waals surface area (Å²) in [6, 6.07) is 26.2. The number of carboxylic acids is 1. The lowest BCUT2D eigenvalue weighted by Gasteiger charge is -2.35. The number of ether oxygens (including phenoxy) is 4. The molecule has 0 saturated carbocycles. The van der Waals surface area contributed by atoms with E-state index in [1.165, 1.54) is 0 Å². The van der Waals surface area contributed by atoms with E-state index in [1.807, 2.05) is 72.8 Å². The fourth-order valence-corrected chi connectivity index (χ4v) is 8.84. The average molecular weight is 884 g/mol. The van der Waals surface area contributed by atoms with Crippen molar-refractivity contribution in [1.82, 2.24) is 25.1 Å². The minimum Gasteiger partial charge on any atom is -0.496 e. The van der Waals surface area contributed by atoms with E-state index in [9.17, 15) is 14.7 Å². The number of aliphatic hydroxyl groups is 1. The van der Waals surface area contributed by atoms with Crippen LogP contribution in [0.1, 0.15) is 57.8 Å². The summed E-state index contributed by atoms with van der Waals surface area (Å²) < 4.78 is 34.3. The molecule has 15 nitrogen and oxygen atoms in total. The number of furan rings is 2. The molecule has 0 spiro atoms. The van der Waals surface area contributed by atoms with Crippen LogP contribution in [0.15, 0.2) is 106 Å². The van der Waals surface area contributed by atoms with Crippen molar-refractivity contribution in [2.24, 2.45) is 0 Å². The summed E-state index contributed by atoms with van der Waals surface area (Å²) in [6.07, 6.45) is 6.88. The summed E-state index contributed by atoms with van der Waals surface area (Å²) >= 11 is 0. The van der Waals surface area contributed by atoms with Gasteiger partial charge in [0.1, 0.15) is 58.8 Å². The molecule has 0 unspecified atom stereocenters. The number of nitrogens with zero attached hydrogens (tertiary/aromatic N) is 2. The molecule has 2 aliphatic heterocycles. The third kappa shape index (κ3) is 9.63. The lowest BCUT2D eigenvalue weighted by molar-refractivity contribution is 0.0691. The van der Waals surface area contributed by atoms with E-state index in [-0.39, 0.29) is 30.4 Å². The Morgan fingerprint density at radius 3 is 1.63 bits per heavy atom. The van der Waals surface area contributed by atoms with Gasteiger partial charge in [0.15, 0.2) is 0 Å². The van der Waals surface area contributed by atoms with E-state index in [0.29, 0.717) is 29.3 Å². The Balaban J connectivity index is 0.000000182. The third-order valence-electron chi connectivity index (χ3n) is 12.4. The highest BCUT2D eigenvalue weighted by Gasteiger charge is 2.24. The predicted octanol–water partition coefficient (Wildman–Crippen LogP) is 8.35. The lowest BCUT2D eigenvalue weighted by atomic mass is 10.0. The van der Waals surface area contributed by atoms with E-state index >= 15 is 0 Å². The normalized spacial score (nSPS) is 15.3. The maximum Gasteiger partial charge on any atom is 0.352 e. The molecule has 1 amide bonds. The predicted molar refractivity (Wildman–Crippen MR) is 246 cm³/mol. The van der Waals surface area contributed by atoms with Crippen LogP contribution in [-0.2, 0) is 13.2 Å². The lowest BCUT2D eigenvalue weighted by Crippen LogP contribution is -2.47. The monoisotopic (exact) mass is 883 g/mol. The van der Waals surface area contributed by atoms with Gasteiger partial charge in [-0.1, -0.05) is 24.3 Å². The van der Waals surface area contributed by atoms with Crippen molar-refractivity contribution < 1.29 is 47.6 Å². The molecule has 10 rings (SSSR count). The molecule has 65 heavy (non-hydrogen) atoms. The SMILES string of the molecule is COc1cccc2occ(COc3cccc4[nH]c(C(=O)NC5CCN(CCN6CCC(O)CC6)CC5)cc34)c12.COc1cccc2occ(COc3cccc4[nH]c(C(=O)O)cc34)c12. The van der Waals surface area contributed by atoms with Crippen LogP contribution in [0.25, 0.3) is 43.7 Å².